The number of hydrogen-bond donors (Lipinski definition) is 2. The monoisotopic (exact) mass is 444 g/mol. The number of fused-ring (bicyclic) bond motifs is 5. The maximum absolute atomic E-state index is 12.5. The van der Waals surface area contributed by atoms with E-state index in [0.29, 0.717) is 29.1 Å². The molecule has 7 unspecified atom stereocenters. The molecule has 0 radical (unpaired) electrons. The SMILES string of the molecule is CC12CC[C@](C)(O)CC1CCC1C2CCC2(C)C(CCCCC(O)C(F)(F)F)CC[C@@H]12. The minimum absolute atomic E-state index is 0.162. The summed E-state index contributed by atoms with van der Waals surface area (Å²) in [6.45, 7) is 7.02. The first-order chi connectivity index (χ1) is 14.4. The molecule has 0 aliphatic heterocycles. The Hall–Kier alpha value is -0.290. The highest BCUT2D eigenvalue weighted by molar-refractivity contribution is 5.10. The lowest BCUT2D eigenvalue weighted by Crippen LogP contribution is -2.55. The van der Waals surface area contributed by atoms with E-state index < -0.39 is 17.9 Å². The molecule has 2 N–H and O–H groups in total. The van der Waals surface area contributed by atoms with E-state index in [4.69, 9.17) is 0 Å². The smallest absolute Gasteiger partial charge is 0.390 e. The van der Waals surface area contributed by atoms with Gasteiger partial charge < -0.3 is 10.2 Å². The molecule has 0 spiro atoms. The summed E-state index contributed by atoms with van der Waals surface area (Å²) in [5.41, 5.74) is 0.226. The van der Waals surface area contributed by atoms with Gasteiger partial charge in [0.15, 0.2) is 0 Å². The fraction of sp³-hybridized carbons (Fsp3) is 1.00. The molecule has 4 aliphatic rings. The van der Waals surface area contributed by atoms with Crippen molar-refractivity contribution >= 4 is 0 Å². The Balaban J connectivity index is 1.37. The molecular weight excluding hydrogens is 401 g/mol. The van der Waals surface area contributed by atoms with E-state index in [2.05, 4.69) is 13.8 Å². The van der Waals surface area contributed by atoms with Crippen molar-refractivity contribution < 1.29 is 23.4 Å². The highest BCUT2D eigenvalue weighted by Gasteiger charge is 2.60. The molecule has 4 rings (SSSR count). The molecule has 0 aromatic rings. The predicted molar refractivity (Wildman–Crippen MR) is 116 cm³/mol. The van der Waals surface area contributed by atoms with Crippen LogP contribution in [0.25, 0.3) is 0 Å². The summed E-state index contributed by atoms with van der Waals surface area (Å²) >= 11 is 0. The number of unbranched alkanes of at least 4 members (excludes halogenated alkanes) is 1. The zero-order chi connectivity index (χ0) is 22.7. The van der Waals surface area contributed by atoms with Gasteiger partial charge in [0.25, 0.3) is 0 Å². The summed E-state index contributed by atoms with van der Waals surface area (Å²) < 4.78 is 37.6. The lowest BCUT2D eigenvalue weighted by molar-refractivity contribution is -0.205. The quantitative estimate of drug-likeness (QED) is 0.454. The summed E-state index contributed by atoms with van der Waals surface area (Å²) in [4.78, 5) is 0. The molecule has 180 valence electrons. The first-order valence-electron chi connectivity index (χ1n) is 12.8. The van der Waals surface area contributed by atoms with E-state index in [1.165, 1.54) is 38.5 Å². The summed E-state index contributed by atoms with van der Waals surface area (Å²) in [7, 11) is 0. The molecule has 0 amide bonds. The predicted octanol–water partition coefficient (Wildman–Crippen LogP) is 6.88. The number of aliphatic hydroxyl groups excluding tert-OH is 1. The van der Waals surface area contributed by atoms with Crippen LogP contribution in [-0.2, 0) is 0 Å². The average molecular weight is 445 g/mol. The van der Waals surface area contributed by atoms with E-state index in [1.54, 1.807) is 0 Å². The van der Waals surface area contributed by atoms with Gasteiger partial charge in [0.05, 0.1) is 5.60 Å². The molecule has 4 saturated carbocycles. The lowest BCUT2D eigenvalue weighted by atomic mass is 9.44. The topological polar surface area (TPSA) is 40.5 Å². The Morgan fingerprint density at radius 1 is 0.871 bits per heavy atom. The molecule has 31 heavy (non-hydrogen) atoms. The zero-order valence-electron chi connectivity index (χ0n) is 19.7. The van der Waals surface area contributed by atoms with Gasteiger partial charge in [0, 0.05) is 0 Å². The Bertz CT molecular complexity index is 647. The normalized spacial score (nSPS) is 48.6. The van der Waals surface area contributed by atoms with Crippen LogP contribution < -0.4 is 0 Å². The highest BCUT2D eigenvalue weighted by Crippen LogP contribution is 2.68. The van der Waals surface area contributed by atoms with Crippen LogP contribution in [0.3, 0.4) is 0 Å². The van der Waals surface area contributed by atoms with E-state index in [1.807, 2.05) is 6.92 Å². The number of alkyl halides is 3. The third-order valence-electron chi connectivity index (χ3n) is 10.8. The molecule has 4 fully saturated rings. The van der Waals surface area contributed by atoms with Gasteiger partial charge in [-0.25, -0.2) is 0 Å². The van der Waals surface area contributed by atoms with Crippen molar-refractivity contribution in [1.82, 2.24) is 0 Å². The fourth-order valence-electron chi connectivity index (χ4n) is 8.91. The van der Waals surface area contributed by atoms with Gasteiger partial charge >= 0.3 is 6.18 Å². The van der Waals surface area contributed by atoms with Crippen molar-refractivity contribution in [2.24, 2.45) is 40.4 Å². The molecule has 0 aromatic heterocycles. The van der Waals surface area contributed by atoms with Crippen LogP contribution >= 0.6 is 0 Å². The van der Waals surface area contributed by atoms with Crippen LogP contribution in [0.1, 0.15) is 104 Å². The Morgan fingerprint density at radius 3 is 2.29 bits per heavy atom. The van der Waals surface area contributed by atoms with E-state index in [-0.39, 0.29) is 6.42 Å². The van der Waals surface area contributed by atoms with E-state index >= 15 is 0 Å². The Labute approximate surface area is 186 Å². The Morgan fingerprint density at radius 2 is 1.58 bits per heavy atom. The minimum Gasteiger partial charge on any atom is -0.390 e. The minimum atomic E-state index is -4.48. The number of halogens is 3. The number of aliphatic hydroxyl groups is 2. The second-order valence-electron chi connectivity index (χ2n) is 12.5. The van der Waals surface area contributed by atoms with Crippen LogP contribution in [0, 0.1) is 40.4 Å². The van der Waals surface area contributed by atoms with Gasteiger partial charge in [-0.1, -0.05) is 26.7 Å². The van der Waals surface area contributed by atoms with Crippen molar-refractivity contribution in [3.8, 4) is 0 Å². The summed E-state index contributed by atoms with van der Waals surface area (Å²) in [6.07, 6.45) is 6.10. The fourth-order valence-corrected chi connectivity index (χ4v) is 8.91. The maximum Gasteiger partial charge on any atom is 0.414 e. The van der Waals surface area contributed by atoms with Crippen LogP contribution in [-0.4, -0.2) is 28.1 Å². The van der Waals surface area contributed by atoms with Gasteiger partial charge in [0.1, 0.15) is 6.10 Å². The van der Waals surface area contributed by atoms with Crippen LogP contribution in [0.2, 0.25) is 0 Å². The first-order valence-corrected chi connectivity index (χ1v) is 12.8. The van der Waals surface area contributed by atoms with Gasteiger partial charge in [-0.05, 0) is 118 Å². The third kappa shape index (κ3) is 4.32. The third-order valence-corrected chi connectivity index (χ3v) is 10.8. The number of hydrogen-bond acceptors (Lipinski definition) is 2. The second kappa shape index (κ2) is 8.18. The second-order valence-corrected chi connectivity index (χ2v) is 12.5. The van der Waals surface area contributed by atoms with Gasteiger partial charge in [-0.15, -0.1) is 0 Å². The van der Waals surface area contributed by atoms with Crippen LogP contribution in [0.5, 0.6) is 0 Å². The molecule has 0 heterocycles. The van der Waals surface area contributed by atoms with Crippen molar-refractivity contribution in [3.63, 3.8) is 0 Å². The summed E-state index contributed by atoms with van der Waals surface area (Å²) in [5, 5.41) is 19.9. The van der Waals surface area contributed by atoms with Crippen molar-refractivity contribution in [2.45, 2.75) is 122 Å². The lowest BCUT2D eigenvalue weighted by Gasteiger charge is -2.62. The molecular formula is C26H43F3O2. The maximum atomic E-state index is 12.5. The van der Waals surface area contributed by atoms with Gasteiger partial charge in [-0.2, -0.15) is 13.2 Å². The molecule has 4 aliphatic carbocycles. The van der Waals surface area contributed by atoms with Crippen LogP contribution in [0.4, 0.5) is 13.2 Å². The standard InChI is InChI=1S/C26H43F3O2/c1-23(31)14-15-25(3)18(16-23)8-10-19-20-11-9-17(24(20,2)13-12-21(19)25)6-4-5-7-22(30)26(27,28)29/h17-22,30-31H,4-16H2,1-3H3/t17?,18?,19?,20-,21?,22?,23-,24?,25?/m0/s1. The van der Waals surface area contributed by atoms with Crippen molar-refractivity contribution in [1.29, 1.82) is 0 Å². The van der Waals surface area contributed by atoms with Crippen molar-refractivity contribution in [3.05, 3.63) is 0 Å². The molecule has 0 bridgehead atoms. The van der Waals surface area contributed by atoms with Crippen LogP contribution in [0.15, 0.2) is 0 Å². The molecule has 2 nitrogen and oxygen atoms in total. The van der Waals surface area contributed by atoms with Gasteiger partial charge in [0.2, 0.25) is 0 Å². The highest BCUT2D eigenvalue weighted by atomic mass is 19.4. The molecule has 0 saturated heterocycles. The van der Waals surface area contributed by atoms with Crippen molar-refractivity contribution in [2.75, 3.05) is 0 Å². The molecule has 9 atom stereocenters. The van der Waals surface area contributed by atoms with Gasteiger partial charge in [-0.3, -0.25) is 0 Å². The molecule has 5 heteroatoms. The number of rotatable bonds is 5. The average Bonchev–Trinajstić information content (AvgIpc) is 3.01. The zero-order valence-corrected chi connectivity index (χ0v) is 19.7. The molecule has 0 aromatic carbocycles. The summed E-state index contributed by atoms with van der Waals surface area (Å²) in [5.74, 6) is 3.61. The van der Waals surface area contributed by atoms with E-state index in [9.17, 15) is 23.4 Å². The first kappa shape index (κ1) is 23.9. The summed E-state index contributed by atoms with van der Waals surface area (Å²) in [6, 6.07) is 0. The van der Waals surface area contributed by atoms with E-state index in [0.717, 1.165) is 49.9 Å². The Kier molecular flexibility index (Phi) is 6.30. The largest absolute Gasteiger partial charge is 0.414 e.